The lowest BCUT2D eigenvalue weighted by atomic mass is 10.00. The summed E-state index contributed by atoms with van der Waals surface area (Å²) in [5.74, 6) is -0.737. The number of rotatable bonds is 2. The molecule has 1 nitrogen and oxygen atoms in total. The molecule has 0 amide bonds. The molecule has 2 aromatic carbocycles. The maximum absolute atomic E-state index is 13.3. The molecule has 4 heteroatoms. The minimum Gasteiger partial charge on any atom is -0.288 e. The number of carbonyl (C=O) groups is 1. The van der Waals surface area contributed by atoms with Gasteiger partial charge in [0.05, 0.1) is 10.0 Å². The molecule has 0 N–H and O–H groups in total. The van der Waals surface area contributed by atoms with Crippen LogP contribution in [0, 0.1) is 19.7 Å². The van der Waals surface area contributed by atoms with Gasteiger partial charge in [0.25, 0.3) is 0 Å². The Balaban J connectivity index is 2.56. The molecule has 0 aliphatic heterocycles. The highest BCUT2D eigenvalue weighted by atomic mass is 35.5. The van der Waals surface area contributed by atoms with Crippen molar-refractivity contribution >= 4 is 29.0 Å². The highest BCUT2D eigenvalue weighted by Gasteiger charge is 2.18. The average Bonchev–Trinajstić information content (AvgIpc) is 2.36. The van der Waals surface area contributed by atoms with Crippen LogP contribution in [-0.2, 0) is 0 Å². The van der Waals surface area contributed by atoms with Gasteiger partial charge in [-0.3, -0.25) is 4.79 Å². The van der Waals surface area contributed by atoms with Crippen LogP contribution < -0.4 is 0 Å². The monoisotopic (exact) mass is 296 g/mol. The Hall–Kier alpha value is -1.38. The van der Waals surface area contributed by atoms with Gasteiger partial charge in [-0.2, -0.15) is 0 Å². The van der Waals surface area contributed by atoms with Crippen molar-refractivity contribution < 1.29 is 9.18 Å². The van der Waals surface area contributed by atoms with E-state index in [0.29, 0.717) is 16.1 Å². The SMILES string of the molecule is Cc1cc(C(=O)c2cccc(C)c2Cl)c(Cl)cc1F. The Morgan fingerprint density at radius 2 is 1.74 bits per heavy atom. The van der Waals surface area contributed by atoms with Crippen molar-refractivity contribution in [1.29, 1.82) is 0 Å². The van der Waals surface area contributed by atoms with Gasteiger partial charge in [0.15, 0.2) is 5.78 Å². The minimum absolute atomic E-state index is 0.0886. The zero-order valence-corrected chi connectivity index (χ0v) is 11.9. The van der Waals surface area contributed by atoms with Crippen molar-refractivity contribution in [3.63, 3.8) is 0 Å². The molecular formula is C15H11Cl2FO. The Labute approximate surface area is 121 Å². The maximum Gasteiger partial charge on any atom is 0.196 e. The number of hydrogen-bond donors (Lipinski definition) is 0. The fourth-order valence-electron chi connectivity index (χ4n) is 1.80. The Kier molecular flexibility index (Phi) is 3.93. The molecule has 0 saturated carbocycles. The highest BCUT2D eigenvalue weighted by molar-refractivity contribution is 6.38. The van der Waals surface area contributed by atoms with Crippen LogP contribution in [0.25, 0.3) is 0 Å². The second kappa shape index (κ2) is 5.32. The van der Waals surface area contributed by atoms with Crippen molar-refractivity contribution in [1.82, 2.24) is 0 Å². The topological polar surface area (TPSA) is 17.1 Å². The smallest absolute Gasteiger partial charge is 0.196 e. The number of benzene rings is 2. The predicted molar refractivity (Wildman–Crippen MR) is 75.8 cm³/mol. The Bertz CT molecular complexity index is 665. The third-order valence-electron chi connectivity index (χ3n) is 2.93. The van der Waals surface area contributed by atoms with Crippen molar-refractivity contribution in [2.45, 2.75) is 13.8 Å². The third-order valence-corrected chi connectivity index (χ3v) is 3.74. The minimum atomic E-state index is -0.433. The van der Waals surface area contributed by atoms with Gasteiger partial charge in [-0.05, 0) is 43.2 Å². The molecule has 0 atom stereocenters. The van der Waals surface area contributed by atoms with Crippen LogP contribution in [0.15, 0.2) is 30.3 Å². The molecule has 0 aliphatic carbocycles. The number of hydrogen-bond acceptors (Lipinski definition) is 1. The van der Waals surface area contributed by atoms with Gasteiger partial charge < -0.3 is 0 Å². The molecule has 0 aliphatic rings. The summed E-state index contributed by atoms with van der Waals surface area (Å²) in [6, 6.07) is 7.79. The first-order valence-electron chi connectivity index (χ1n) is 5.67. The summed E-state index contributed by atoms with van der Waals surface area (Å²) in [4.78, 5) is 12.4. The normalized spacial score (nSPS) is 10.6. The van der Waals surface area contributed by atoms with Gasteiger partial charge in [-0.15, -0.1) is 0 Å². The second-order valence-electron chi connectivity index (χ2n) is 4.35. The molecule has 0 aromatic heterocycles. The third kappa shape index (κ3) is 2.65. The fourth-order valence-corrected chi connectivity index (χ4v) is 2.25. The first-order valence-corrected chi connectivity index (χ1v) is 6.43. The molecule has 0 spiro atoms. The first kappa shape index (κ1) is 14.0. The molecule has 0 radical (unpaired) electrons. The zero-order chi connectivity index (χ0) is 14.2. The lowest BCUT2D eigenvalue weighted by Gasteiger charge is -2.09. The van der Waals surface area contributed by atoms with Crippen LogP contribution in [-0.4, -0.2) is 5.78 Å². The molecule has 0 saturated heterocycles. The Morgan fingerprint density at radius 1 is 1.05 bits per heavy atom. The number of carbonyl (C=O) groups excluding carboxylic acids is 1. The second-order valence-corrected chi connectivity index (χ2v) is 5.13. The maximum atomic E-state index is 13.3. The molecule has 0 bridgehead atoms. The van der Waals surface area contributed by atoms with E-state index >= 15 is 0 Å². The van der Waals surface area contributed by atoms with E-state index in [-0.39, 0.29) is 16.4 Å². The Morgan fingerprint density at radius 3 is 2.42 bits per heavy atom. The number of halogens is 3. The number of ketones is 1. The van der Waals surface area contributed by atoms with Gasteiger partial charge in [0.2, 0.25) is 0 Å². The zero-order valence-electron chi connectivity index (χ0n) is 10.4. The number of aryl methyl sites for hydroxylation is 2. The molecular weight excluding hydrogens is 286 g/mol. The molecule has 19 heavy (non-hydrogen) atoms. The molecule has 0 heterocycles. The summed E-state index contributed by atoms with van der Waals surface area (Å²) in [5, 5.41) is 0.483. The molecule has 0 unspecified atom stereocenters. The summed E-state index contributed by atoms with van der Waals surface area (Å²) < 4.78 is 13.3. The molecule has 98 valence electrons. The molecule has 2 aromatic rings. The van der Waals surface area contributed by atoms with Crippen molar-refractivity contribution in [2.24, 2.45) is 0 Å². The van der Waals surface area contributed by atoms with Crippen molar-refractivity contribution in [2.75, 3.05) is 0 Å². The van der Waals surface area contributed by atoms with Crippen LogP contribution in [0.2, 0.25) is 10.0 Å². The van der Waals surface area contributed by atoms with Crippen LogP contribution in [0.5, 0.6) is 0 Å². The van der Waals surface area contributed by atoms with Crippen LogP contribution in [0.1, 0.15) is 27.0 Å². The van der Waals surface area contributed by atoms with E-state index < -0.39 is 5.82 Å². The van der Waals surface area contributed by atoms with Gasteiger partial charge in [0, 0.05) is 11.1 Å². The quantitative estimate of drug-likeness (QED) is 0.714. The van der Waals surface area contributed by atoms with Gasteiger partial charge in [0.1, 0.15) is 5.82 Å². The molecule has 0 fully saturated rings. The van der Waals surface area contributed by atoms with E-state index in [0.717, 1.165) is 11.6 Å². The van der Waals surface area contributed by atoms with E-state index in [4.69, 9.17) is 23.2 Å². The van der Waals surface area contributed by atoms with Crippen LogP contribution in [0.4, 0.5) is 4.39 Å². The largest absolute Gasteiger partial charge is 0.288 e. The summed E-state index contributed by atoms with van der Waals surface area (Å²) in [6.07, 6.45) is 0. The van der Waals surface area contributed by atoms with E-state index in [9.17, 15) is 9.18 Å². The van der Waals surface area contributed by atoms with Gasteiger partial charge in [-0.25, -0.2) is 4.39 Å². The summed E-state index contributed by atoms with van der Waals surface area (Å²) in [6.45, 7) is 3.40. The average molecular weight is 297 g/mol. The standard InChI is InChI=1S/C15H11Cl2FO/c1-8-4-3-5-10(14(8)17)15(19)11-6-9(2)13(18)7-12(11)16/h3-7H,1-2H3. The van der Waals surface area contributed by atoms with Gasteiger partial charge >= 0.3 is 0 Å². The van der Waals surface area contributed by atoms with Crippen LogP contribution >= 0.6 is 23.2 Å². The highest BCUT2D eigenvalue weighted by Crippen LogP contribution is 2.27. The lowest BCUT2D eigenvalue weighted by molar-refractivity contribution is 0.103. The van der Waals surface area contributed by atoms with Crippen LogP contribution in [0.3, 0.4) is 0 Å². The summed E-state index contributed by atoms with van der Waals surface area (Å²) in [7, 11) is 0. The summed E-state index contributed by atoms with van der Waals surface area (Å²) in [5.41, 5.74) is 1.81. The van der Waals surface area contributed by atoms with Crippen molar-refractivity contribution in [3.8, 4) is 0 Å². The van der Waals surface area contributed by atoms with E-state index in [1.807, 2.05) is 13.0 Å². The first-order chi connectivity index (χ1) is 8.91. The van der Waals surface area contributed by atoms with Crippen molar-refractivity contribution in [3.05, 3.63) is 68.4 Å². The van der Waals surface area contributed by atoms with Gasteiger partial charge in [-0.1, -0.05) is 35.3 Å². The van der Waals surface area contributed by atoms with E-state index in [1.165, 1.54) is 6.07 Å². The summed E-state index contributed by atoms with van der Waals surface area (Å²) >= 11 is 12.1. The lowest BCUT2D eigenvalue weighted by Crippen LogP contribution is -2.05. The fraction of sp³-hybridized carbons (Fsp3) is 0.133. The molecule has 2 rings (SSSR count). The van der Waals surface area contributed by atoms with E-state index in [2.05, 4.69) is 0 Å². The van der Waals surface area contributed by atoms with E-state index in [1.54, 1.807) is 19.1 Å². The predicted octanol–water partition coefficient (Wildman–Crippen LogP) is 4.98.